The summed E-state index contributed by atoms with van der Waals surface area (Å²) in [5.41, 5.74) is 13.0. The Morgan fingerprint density at radius 3 is 2.05 bits per heavy atom. The van der Waals surface area contributed by atoms with Crippen molar-refractivity contribution in [3.63, 3.8) is 0 Å². The van der Waals surface area contributed by atoms with Crippen LogP contribution >= 0.6 is 0 Å². The molecular formula is C51H39N5O. The van der Waals surface area contributed by atoms with Crippen LogP contribution in [0.5, 0.6) is 11.5 Å². The van der Waals surface area contributed by atoms with E-state index in [1.165, 1.54) is 10.9 Å². The number of para-hydroxylation sites is 4. The Balaban J connectivity index is 1.27. The Morgan fingerprint density at radius 1 is 0.526 bits per heavy atom. The van der Waals surface area contributed by atoms with Crippen molar-refractivity contribution in [3.8, 4) is 50.8 Å². The van der Waals surface area contributed by atoms with Crippen LogP contribution in [0.4, 0.5) is 22.9 Å². The molecule has 9 aromatic rings. The van der Waals surface area contributed by atoms with Gasteiger partial charge < -0.3 is 14.5 Å². The largest absolute Gasteiger partial charge is 0.457 e. The topological polar surface area (TPSA) is 46.4 Å². The van der Waals surface area contributed by atoms with Gasteiger partial charge in [-0.05, 0) is 70.6 Å². The van der Waals surface area contributed by atoms with Crippen LogP contribution in [0.25, 0.3) is 61.1 Å². The zero-order valence-corrected chi connectivity index (χ0v) is 32.0. The quantitative estimate of drug-likeness (QED) is 0.168. The van der Waals surface area contributed by atoms with Crippen LogP contribution in [-0.4, -0.2) is 21.2 Å². The first-order chi connectivity index (χ1) is 27.9. The van der Waals surface area contributed by atoms with Gasteiger partial charge in [0, 0.05) is 45.8 Å². The molecule has 8 bridgehead atoms. The predicted molar refractivity (Wildman–Crippen MR) is 233 cm³/mol. The number of anilines is 4. The maximum Gasteiger partial charge on any atom is 0.138 e. The third-order valence-electron chi connectivity index (χ3n) is 11.4. The van der Waals surface area contributed by atoms with E-state index >= 15 is 0 Å². The highest BCUT2D eigenvalue weighted by Crippen LogP contribution is 2.51. The Labute approximate surface area is 331 Å². The first-order valence-electron chi connectivity index (χ1n) is 19.5. The standard InChI is InChI=1S/C51H39N5O/c1-51(2,3)34-28-43-39-17-8-7-16-38(39)42-20-13-19-37(33-14-5-4-6-15-33)50(42)55-32-54(45-22-11-12-23-46(45)55)48-31-36(26-27-52-48)57-35-24-25-41-40-18-9-10-21-44(40)56(47(41)30-35)49(29-34)53-43/h4-31H,32H2,1-3H3. The van der Waals surface area contributed by atoms with Gasteiger partial charge in [-0.1, -0.05) is 124 Å². The summed E-state index contributed by atoms with van der Waals surface area (Å²) in [6.07, 6.45) is 1.84. The van der Waals surface area contributed by atoms with Crippen LogP contribution in [-0.2, 0) is 5.41 Å². The van der Waals surface area contributed by atoms with Crippen molar-refractivity contribution < 1.29 is 4.74 Å². The third kappa shape index (κ3) is 5.40. The highest BCUT2D eigenvalue weighted by atomic mass is 16.5. The second-order valence-corrected chi connectivity index (χ2v) is 15.9. The summed E-state index contributed by atoms with van der Waals surface area (Å²) in [5.74, 6) is 3.14. The third-order valence-corrected chi connectivity index (χ3v) is 11.4. The SMILES string of the molecule is CC(C)(C)c1cc2nc(c1)-n1c3ccccc3c3ccc(cc31)Oc1ccnc(c1)N1CN(c3ccccc31)c1c(-c3ccccc3)cccc1-c1ccccc1-2. The molecule has 0 spiro atoms. The lowest BCUT2D eigenvalue weighted by Gasteiger charge is -2.28. The Kier molecular flexibility index (Phi) is 7.38. The molecule has 11 rings (SSSR count). The summed E-state index contributed by atoms with van der Waals surface area (Å²) in [5, 5.41) is 2.31. The van der Waals surface area contributed by atoms with Crippen molar-refractivity contribution in [2.75, 3.05) is 16.5 Å². The number of aromatic nitrogens is 3. The number of rotatable bonds is 1. The Bertz CT molecular complexity index is 3030. The smallest absolute Gasteiger partial charge is 0.138 e. The molecule has 274 valence electrons. The van der Waals surface area contributed by atoms with Gasteiger partial charge in [-0.25, -0.2) is 9.97 Å². The van der Waals surface area contributed by atoms with Gasteiger partial charge >= 0.3 is 0 Å². The van der Waals surface area contributed by atoms with E-state index < -0.39 is 0 Å². The summed E-state index contributed by atoms with van der Waals surface area (Å²) < 4.78 is 9.02. The molecule has 0 saturated carbocycles. The second-order valence-electron chi connectivity index (χ2n) is 15.9. The normalized spacial score (nSPS) is 13.2. The zero-order chi connectivity index (χ0) is 38.3. The fourth-order valence-corrected chi connectivity index (χ4v) is 8.65. The van der Waals surface area contributed by atoms with Gasteiger partial charge in [0.1, 0.15) is 29.8 Å². The summed E-state index contributed by atoms with van der Waals surface area (Å²) in [6, 6.07) is 58.3. The van der Waals surface area contributed by atoms with Gasteiger partial charge in [-0.3, -0.25) is 4.57 Å². The minimum atomic E-state index is -0.147. The number of hydrogen-bond acceptors (Lipinski definition) is 5. The van der Waals surface area contributed by atoms with E-state index in [0.29, 0.717) is 12.4 Å². The summed E-state index contributed by atoms with van der Waals surface area (Å²) in [4.78, 5) is 15.3. The molecule has 2 aliphatic rings. The zero-order valence-electron chi connectivity index (χ0n) is 32.0. The van der Waals surface area contributed by atoms with Gasteiger partial charge in [0.05, 0.1) is 33.8 Å². The van der Waals surface area contributed by atoms with Crippen LogP contribution in [0.15, 0.2) is 170 Å². The van der Waals surface area contributed by atoms with E-state index in [0.717, 1.165) is 84.4 Å². The minimum absolute atomic E-state index is 0.147. The van der Waals surface area contributed by atoms with Gasteiger partial charge in [0.2, 0.25) is 0 Å². The number of ether oxygens (including phenoxy) is 1. The van der Waals surface area contributed by atoms with Crippen LogP contribution in [0.2, 0.25) is 0 Å². The molecule has 0 atom stereocenters. The molecule has 2 aliphatic heterocycles. The molecule has 6 heteroatoms. The fourth-order valence-electron chi connectivity index (χ4n) is 8.65. The van der Waals surface area contributed by atoms with Crippen molar-refractivity contribution in [1.29, 1.82) is 0 Å². The molecular weight excluding hydrogens is 699 g/mol. The van der Waals surface area contributed by atoms with Crippen molar-refractivity contribution in [2.45, 2.75) is 26.2 Å². The maximum absolute atomic E-state index is 6.71. The summed E-state index contributed by atoms with van der Waals surface area (Å²) in [7, 11) is 0. The average molecular weight is 738 g/mol. The van der Waals surface area contributed by atoms with E-state index in [-0.39, 0.29) is 5.41 Å². The molecule has 57 heavy (non-hydrogen) atoms. The molecule has 6 aromatic carbocycles. The van der Waals surface area contributed by atoms with E-state index in [1.807, 2.05) is 18.3 Å². The van der Waals surface area contributed by atoms with Crippen molar-refractivity contribution >= 4 is 44.7 Å². The average Bonchev–Trinajstić information content (AvgIpc) is 3.79. The number of benzene rings is 6. The number of fused-ring (bicyclic) bond motifs is 20. The maximum atomic E-state index is 6.71. The minimum Gasteiger partial charge on any atom is -0.457 e. The van der Waals surface area contributed by atoms with E-state index in [9.17, 15) is 0 Å². The van der Waals surface area contributed by atoms with Gasteiger partial charge in [0.15, 0.2) is 0 Å². The van der Waals surface area contributed by atoms with Gasteiger partial charge in [-0.2, -0.15) is 0 Å². The van der Waals surface area contributed by atoms with E-state index in [1.54, 1.807) is 0 Å². The molecule has 0 unspecified atom stereocenters. The predicted octanol–water partition coefficient (Wildman–Crippen LogP) is 13.2. The van der Waals surface area contributed by atoms with Crippen LogP contribution in [0.1, 0.15) is 26.3 Å². The fraction of sp³-hybridized carbons (Fsp3) is 0.0980. The van der Waals surface area contributed by atoms with Gasteiger partial charge in [-0.15, -0.1) is 0 Å². The molecule has 0 radical (unpaired) electrons. The van der Waals surface area contributed by atoms with Crippen molar-refractivity contribution in [2.24, 2.45) is 0 Å². The van der Waals surface area contributed by atoms with Crippen LogP contribution in [0, 0.1) is 0 Å². The molecule has 5 heterocycles. The Morgan fingerprint density at radius 2 is 1.21 bits per heavy atom. The van der Waals surface area contributed by atoms with Crippen LogP contribution < -0.4 is 14.5 Å². The molecule has 0 saturated heterocycles. The molecule has 0 aliphatic carbocycles. The lowest BCUT2D eigenvalue weighted by Crippen LogP contribution is -2.25. The van der Waals surface area contributed by atoms with Crippen molar-refractivity contribution in [3.05, 3.63) is 176 Å². The first kappa shape index (κ1) is 33.2. The first-order valence-corrected chi connectivity index (χ1v) is 19.5. The van der Waals surface area contributed by atoms with E-state index in [4.69, 9.17) is 14.7 Å². The van der Waals surface area contributed by atoms with Crippen molar-refractivity contribution in [1.82, 2.24) is 14.5 Å². The highest BCUT2D eigenvalue weighted by molar-refractivity contribution is 6.09. The van der Waals surface area contributed by atoms with Crippen LogP contribution in [0.3, 0.4) is 0 Å². The summed E-state index contributed by atoms with van der Waals surface area (Å²) >= 11 is 0. The van der Waals surface area contributed by atoms with Gasteiger partial charge in [0.25, 0.3) is 0 Å². The molecule has 3 aromatic heterocycles. The summed E-state index contributed by atoms with van der Waals surface area (Å²) in [6.45, 7) is 7.39. The number of pyridine rings is 2. The number of nitrogens with zero attached hydrogens (tertiary/aromatic N) is 5. The molecule has 0 amide bonds. The molecule has 0 fully saturated rings. The number of hydrogen-bond donors (Lipinski definition) is 0. The Hall–Kier alpha value is -7.18. The highest BCUT2D eigenvalue weighted by Gasteiger charge is 2.33. The van der Waals surface area contributed by atoms with E-state index in [2.05, 4.69) is 187 Å². The lowest BCUT2D eigenvalue weighted by molar-refractivity contribution is 0.482. The second kappa shape index (κ2) is 12.7. The lowest BCUT2D eigenvalue weighted by atomic mass is 9.85. The monoisotopic (exact) mass is 737 g/mol. The molecule has 0 N–H and O–H groups in total. The molecule has 6 nitrogen and oxygen atoms in total.